The third-order valence-corrected chi connectivity index (χ3v) is 1.89. The van der Waals surface area contributed by atoms with Crippen molar-refractivity contribution in [2.24, 2.45) is 0 Å². The summed E-state index contributed by atoms with van der Waals surface area (Å²) < 4.78 is 4.33. The van der Waals surface area contributed by atoms with Gasteiger partial charge in [0.15, 0.2) is 0 Å². The van der Waals surface area contributed by atoms with Gasteiger partial charge in [0.05, 0.1) is 6.20 Å². The van der Waals surface area contributed by atoms with Crippen LogP contribution in [-0.4, -0.2) is 27.1 Å². The molecule has 0 aliphatic rings. The van der Waals surface area contributed by atoms with Crippen molar-refractivity contribution in [1.29, 1.82) is 0 Å². The maximum atomic E-state index is 10.7. The number of Topliss-reactive ketones (excluding diaryl/α,β-unsaturated/α-hetero) is 1. The number of carbonyl (C=O) groups is 2. The average molecular weight is 249 g/mol. The van der Waals surface area contributed by atoms with Crippen LogP contribution in [0.1, 0.15) is 5.56 Å². The molecule has 1 aromatic heterocycles. The Morgan fingerprint density at radius 3 is 2.28 bits per heavy atom. The predicted molar refractivity (Wildman–Crippen MR) is 61.0 cm³/mol. The third-order valence-electron chi connectivity index (χ3n) is 1.89. The number of carboxylic acid groups (broad SMARTS) is 1. The summed E-state index contributed by atoms with van der Waals surface area (Å²) in [4.78, 5) is 20.9. The molecular weight excluding hydrogens is 238 g/mol. The van der Waals surface area contributed by atoms with E-state index in [1.54, 1.807) is 12.3 Å². The van der Waals surface area contributed by atoms with E-state index >= 15 is 0 Å². The van der Waals surface area contributed by atoms with Crippen LogP contribution in [0.15, 0.2) is 47.3 Å². The second-order valence-corrected chi connectivity index (χ2v) is 3.26. The molecule has 6 heteroatoms. The number of aliphatic carboxylic acids is 1. The number of carboxylic acids is 1. The van der Waals surface area contributed by atoms with E-state index in [1.807, 2.05) is 0 Å². The smallest absolute Gasteiger partial charge is 0.372 e. The summed E-state index contributed by atoms with van der Waals surface area (Å²) in [7, 11) is 0. The Morgan fingerprint density at radius 2 is 1.89 bits per heavy atom. The van der Waals surface area contributed by atoms with Crippen molar-refractivity contribution in [1.82, 2.24) is 5.16 Å². The van der Waals surface area contributed by atoms with Gasteiger partial charge in [0, 0.05) is 6.42 Å². The van der Waals surface area contributed by atoms with Gasteiger partial charge in [0.2, 0.25) is 5.78 Å². The molecule has 0 saturated carbocycles. The van der Waals surface area contributed by atoms with Crippen LogP contribution in [0.5, 0.6) is 5.75 Å². The number of phenolic OH excluding ortho intramolecular Hbond substituents is 1. The van der Waals surface area contributed by atoms with E-state index in [-0.39, 0.29) is 12.2 Å². The summed E-state index contributed by atoms with van der Waals surface area (Å²) in [6.45, 7) is 0. The van der Waals surface area contributed by atoms with E-state index in [4.69, 9.17) is 10.2 Å². The van der Waals surface area contributed by atoms with Crippen LogP contribution >= 0.6 is 0 Å². The highest BCUT2D eigenvalue weighted by Gasteiger charge is 2.11. The number of rotatable bonds is 3. The van der Waals surface area contributed by atoms with Crippen molar-refractivity contribution >= 4 is 11.8 Å². The highest BCUT2D eigenvalue weighted by Crippen LogP contribution is 2.10. The lowest BCUT2D eigenvalue weighted by Crippen LogP contribution is -2.14. The van der Waals surface area contributed by atoms with E-state index in [0.29, 0.717) is 5.56 Å². The molecule has 0 atom stereocenters. The van der Waals surface area contributed by atoms with Gasteiger partial charge in [0.25, 0.3) is 0 Å². The molecule has 0 amide bonds. The molecule has 1 heterocycles. The topological polar surface area (TPSA) is 101 Å². The number of hydrogen-bond donors (Lipinski definition) is 2. The monoisotopic (exact) mass is 249 g/mol. The summed E-state index contributed by atoms with van der Waals surface area (Å²) >= 11 is 0. The van der Waals surface area contributed by atoms with Gasteiger partial charge in [0.1, 0.15) is 12.0 Å². The molecule has 0 aliphatic heterocycles. The molecule has 0 spiro atoms. The highest BCUT2D eigenvalue weighted by atomic mass is 16.5. The fraction of sp³-hybridized carbons (Fsp3) is 0.0833. The number of ketones is 1. The van der Waals surface area contributed by atoms with Gasteiger partial charge in [-0.25, -0.2) is 4.79 Å². The van der Waals surface area contributed by atoms with Crippen molar-refractivity contribution < 1.29 is 24.3 Å². The van der Waals surface area contributed by atoms with Crippen molar-refractivity contribution in [2.75, 3.05) is 0 Å². The zero-order valence-electron chi connectivity index (χ0n) is 9.31. The fourth-order valence-corrected chi connectivity index (χ4v) is 1.05. The van der Waals surface area contributed by atoms with Crippen LogP contribution in [0, 0.1) is 0 Å². The summed E-state index contributed by atoms with van der Waals surface area (Å²) in [5.41, 5.74) is 0.574. The van der Waals surface area contributed by atoms with E-state index in [2.05, 4.69) is 9.68 Å². The quantitative estimate of drug-likeness (QED) is 0.794. The van der Waals surface area contributed by atoms with Crippen molar-refractivity contribution in [2.45, 2.75) is 6.42 Å². The molecule has 18 heavy (non-hydrogen) atoms. The maximum absolute atomic E-state index is 10.7. The first-order chi connectivity index (χ1) is 8.59. The molecule has 2 N–H and O–H groups in total. The lowest BCUT2D eigenvalue weighted by atomic mass is 10.1. The molecule has 2 rings (SSSR count). The summed E-state index contributed by atoms with van der Waals surface area (Å²) in [5.74, 6) is -2.20. The maximum Gasteiger partial charge on any atom is 0.372 e. The first-order valence-electron chi connectivity index (χ1n) is 4.98. The van der Waals surface area contributed by atoms with E-state index in [0.717, 1.165) is 0 Å². The Hall–Kier alpha value is -2.63. The van der Waals surface area contributed by atoms with Gasteiger partial charge in [-0.1, -0.05) is 17.3 Å². The van der Waals surface area contributed by atoms with Crippen LogP contribution in [0.2, 0.25) is 0 Å². The Labute approximate surface area is 102 Å². The molecule has 1 aromatic carbocycles. The molecule has 0 aliphatic carbocycles. The second kappa shape index (κ2) is 6.85. The summed E-state index contributed by atoms with van der Waals surface area (Å²) in [6, 6.07) is 7.56. The normalized spacial score (nSPS) is 9.11. The summed E-state index contributed by atoms with van der Waals surface area (Å²) in [5, 5.41) is 20.5. The first kappa shape index (κ1) is 13.4. The fourth-order valence-electron chi connectivity index (χ4n) is 1.05. The Morgan fingerprint density at radius 1 is 1.22 bits per heavy atom. The minimum atomic E-state index is -1.44. The molecule has 0 unspecified atom stereocenters. The van der Waals surface area contributed by atoms with E-state index in [9.17, 15) is 9.59 Å². The number of nitrogens with zero attached hydrogens (tertiary/aromatic N) is 1. The van der Waals surface area contributed by atoms with Gasteiger partial charge < -0.3 is 14.7 Å². The van der Waals surface area contributed by atoms with Crippen LogP contribution in [0.25, 0.3) is 0 Å². The Kier molecular flexibility index (Phi) is 5.11. The third kappa shape index (κ3) is 4.93. The minimum Gasteiger partial charge on any atom is -0.508 e. The van der Waals surface area contributed by atoms with Gasteiger partial charge in [-0.3, -0.25) is 4.79 Å². The average Bonchev–Trinajstić information content (AvgIpc) is 2.90. The Balaban J connectivity index is 0.000000269. The molecular formula is C12H11NO5. The minimum absolute atomic E-state index is 0.0894. The number of carbonyl (C=O) groups excluding carboxylic acids is 1. The van der Waals surface area contributed by atoms with Crippen LogP contribution < -0.4 is 0 Å². The van der Waals surface area contributed by atoms with Crippen molar-refractivity contribution in [3.63, 3.8) is 0 Å². The van der Waals surface area contributed by atoms with Crippen LogP contribution in [0.4, 0.5) is 0 Å². The zero-order valence-corrected chi connectivity index (χ0v) is 9.31. The largest absolute Gasteiger partial charge is 0.508 e. The van der Waals surface area contributed by atoms with E-state index < -0.39 is 11.8 Å². The molecule has 94 valence electrons. The SMILES string of the molecule is O=C(O)C(=O)Cc1ccc(O)cc1.c1cnoc1. The standard InChI is InChI=1S/C9H8O4.C3H3NO/c10-7-3-1-6(2-4-7)5-8(11)9(12)13;1-2-4-5-3-1/h1-4,10H,5H2,(H,12,13);1-3H. The van der Waals surface area contributed by atoms with Gasteiger partial charge in [-0.2, -0.15) is 0 Å². The molecule has 6 nitrogen and oxygen atoms in total. The van der Waals surface area contributed by atoms with E-state index in [1.165, 1.54) is 30.5 Å². The lowest BCUT2D eigenvalue weighted by Gasteiger charge is -1.97. The van der Waals surface area contributed by atoms with Crippen molar-refractivity contribution in [3.05, 3.63) is 48.4 Å². The van der Waals surface area contributed by atoms with Crippen molar-refractivity contribution in [3.8, 4) is 5.75 Å². The van der Waals surface area contributed by atoms with Crippen LogP contribution in [0.3, 0.4) is 0 Å². The number of phenols is 1. The molecule has 0 radical (unpaired) electrons. The highest BCUT2D eigenvalue weighted by molar-refractivity contribution is 6.33. The number of hydrogen-bond acceptors (Lipinski definition) is 5. The number of benzene rings is 1. The lowest BCUT2D eigenvalue weighted by molar-refractivity contribution is -0.148. The molecule has 0 fully saturated rings. The zero-order chi connectivity index (χ0) is 13.4. The molecule has 0 saturated heterocycles. The van der Waals surface area contributed by atoms with Crippen LogP contribution in [-0.2, 0) is 16.0 Å². The molecule has 2 aromatic rings. The van der Waals surface area contributed by atoms with Gasteiger partial charge in [-0.05, 0) is 23.8 Å². The van der Waals surface area contributed by atoms with Gasteiger partial charge in [-0.15, -0.1) is 0 Å². The number of aromatic hydroxyl groups is 1. The second-order valence-electron chi connectivity index (χ2n) is 3.26. The predicted octanol–water partition coefficient (Wildman–Crippen LogP) is 1.26. The summed E-state index contributed by atoms with van der Waals surface area (Å²) in [6.07, 6.45) is 2.95. The molecule has 0 bridgehead atoms. The Bertz CT molecular complexity index is 472. The van der Waals surface area contributed by atoms with Gasteiger partial charge >= 0.3 is 5.97 Å². The number of aromatic nitrogens is 1. The first-order valence-corrected chi connectivity index (χ1v) is 4.98.